The molecule has 2 aromatic carbocycles. The van der Waals surface area contributed by atoms with Gasteiger partial charge in [0.2, 0.25) is 11.7 Å². The van der Waals surface area contributed by atoms with Gasteiger partial charge in [-0.1, -0.05) is 41.6 Å². The van der Waals surface area contributed by atoms with Crippen LogP contribution >= 0.6 is 23.1 Å². The first-order valence-electron chi connectivity index (χ1n) is 9.92. The van der Waals surface area contributed by atoms with Gasteiger partial charge in [-0.2, -0.15) is 4.98 Å². The zero-order chi connectivity index (χ0) is 22.6. The fourth-order valence-electron chi connectivity index (χ4n) is 3.24. The lowest BCUT2D eigenvalue weighted by atomic mass is 10.1. The molecule has 0 bridgehead atoms. The van der Waals surface area contributed by atoms with Crippen molar-refractivity contribution in [2.75, 3.05) is 4.90 Å². The van der Waals surface area contributed by atoms with Crippen LogP contribution in [0.5, 0.6) is 5.75 Å². The van der Waals surface area contributed by atoms with E-state index >= 15 is 0 Å². The van der Waals surface area contributed by atoms with Crippen molar-refractivity contribution in [2.24, 2.45) is 5.73 Å². The normalized spacial score (nSPS) is 12.9. The van der Waals surface area contributed by atoms with Crippen molar-refractivity contribution in [1.82, 2.24) is 10.1 Å². The number of nitrogens with one attached hydrogen (secondary N) is 1. The number of thioether (sulfide) groups is 1. The van der Waals surface area contributed by atoms with E-state index in [2.05, 4.69) is 10.1 Å². The highest BCUT2D eigenvalue weighted by molar-refractivity contribution is 7.99. The molecule has 4 N–H and O–H groups in total. The molecule has 0 spiro atoms. The van der Waals surface area contributed by atoms with Gasteiger partial charge in [0.15, 0.2) is 0 Å². The topological polar surface area (TPSA) is 112 Å². The molecule has 0 fully saturated rings. The summed E-state index contributed by atoms with van der Waals surface area (Å²) in [4.78, 5) is 6.18. The number of nitrogens with two attached hydrogens (primary N) is 1. The minimum atomic E-state index is -0.986. The molecule has 0 amide bonds. The number of aromatic hydroxyl groups is 1. The van der Waals surface area contributed by atoms with Crippen LogP contribution in [0.1, 0.15) is 18.4 Å². The number of hydrogen-bond donors (Lipinski definition) is 3. The third kappa shape index (κ3) is 5.18. The first-order valence-corrected chi connectivity index (χ1v) is 11.8. The molecular formula is C23H23N5O2S2. The van der Waals surface area contributed by atoms with Gasteiger partial charge in [0.25, 0.3) is 0 Å². The highest BCUT2D eigenvalue weighted by Gasteiger charge is 2.32. The Balaban J connectivity index is 1.54. The van der Waals surface area contributed by atoms with E-state index in [1.165, 1.54) is 11.8 Å². The van der Waals surface area contributed by atoms with E-state index in [1.807, 2.05) is 54.8 Å². The number of aromatic nitrogens is 2. The van der Waals surface area contributed by atoms with Crippen LogP contribution in [0.25, 0.3) is 10.7 Å². The molecule has 0 saturated carbocycles. The Morgan fingerprint density at radius 2 is 1.91 bits per heavy atom. The maximum absolute atomic E-state index is 9.71. The van der Waals surface area contributed by atoms with Gasteiger partial charge in [-0.25, -0.2) is 0 Å². The van der Waals surface area contributed by atoms with Crippen LogP contribution in [0.15, 0.2) is 76.6 Å². The minimum Gasteiger partial charge on any atom is -0.508 e. The molecule has 0 unspecified atom stereocenters. The summed E-state index contributed by atoms with van der Waals surface area (Å²) in [5.41, 5.74) is 8.46. The summed E-state index contributed by atoms with van der Waals surface area (Å²) >= 11 is 2.94. The summed E-state index contributed by atoms with van der Waals surface area (Å²) in [6.07, 6.45) is 0.415. The zero-order valence-electron chi connectivity index (χ0n) is 17.4. The molecule has 9 heteroatoms. The quantitative estimate of drug-likeness (QED) is 0.189. The summed E-state index contributed by atoms with van der Waals surface area (Å²) in [6, 6.07) is 20.4. The Hall–Kier alpha value is -3.14. The molecule has 0 aliphatic carbocycles. The summed E-state index contributed by atoms with van der Waals surface area (Å²) in [6.45, 7) is 1.85. The summed E-state index contributed by atoms with van der Waals surface area (Å²) in [5.74, 6) is 1.90. The molecule has 1 atom stereocenters. The van der Waals surface area contributed by atoms with Gasteiger partial charge in [0.1, 0.15) is 16.6 Å². The van der Waals surface area contributed by atoms with E-state index in [4.69, 9.17) is 15.7 Å². The first-order chi connectivity index (χ1) is 15.4. The highest BCUT2D eigenvalue weighted by Crippen LogP contribution is 2.33. The molecule has 0 aliphatic heterocycles. The smallest absolute Gasteiger partial charge is 0.237 e. The summed E-state index contributed by atoms with van der Waals surface area (Å²) < 4.78 is 5.41. The fourth-order valence-corrected chi connectivity index (χ4v) is 4.77. The number of phenols is 1. The number of hydrogen-bond acceptors (Lipinski definition) is 8. The number of anilines is 1. The van der Waals surface area contributed by atoms with Gasteiger partial charge < -0.3 is 14.5 Å². The van der Waals surface area contributed by atoms with Crippen molar-refractivity contribution in [2.45, 2.75) is 24.1 Å². The second kappa shape index (κ2) is 9.56. The predicted molar refractivity (Wildman–Crippen MR) is 130 cm³/mol. The minimum absolute atomic E-state index is 0.154. The highest BCUT2D eigenvalue weighted by atomic mass is 32.2. The van der Waals surface area contributed by atoms with E-state index in [-0.39, 0.29) is 5.75 Å². The van der Waals surface area contributed by atoms with Gasteiger partial charge in [0.05, 0.1) is 10.6 Å². The van der Waals surface area contributed by atoms with Crippen LogP contribution in [0.2, 0.25) is 0 Å². The number of amidine groups is 1. The van der Waals surface area contributed by atoms with Gasteiger partial charge >= 0.3 is 0 Å². The number of phenolic OH excluding ortho intramolecular Hbond substituents is 1. The molecule has 0 saturated heterocycles. The Morgan fingerprint density at radius 1 is 1.16 bits per heavy atom. The third-order valence-corrected chi connectivity index (χ3v) is 6.76. The van der Waals surface area contributed by atoms with Crippen LogP contribution in [-0.2, 0) is 12.2 Å². The Kier molecular flexibility index (Phi) is 6.59. The largest absolute Gasteiger partial charge is 0.508 e. The van der Waals surface area contributed by atoms with Crippen molar-refractivity contribution in [3.8, 4) is 16.5 Å². The SMILES string of the molecule is C[C@](N)(SCc1nc(-c2cccs2)no1)N(C(=N)Cc1ccccc1)c1ccc(O)cc1. The van der Waals surface area contributed by atoms with Crippen molar-refractivity contribution < 1.29 is 9.63 Å². The van der Waals surface area contributed by atoms with Gasteiger partial charge in [-0.3, -0.25) is 11.1 Å². The average Bonchev–Trinajstić information content (AvgIpc) is 3.46. The maximum atomic E-state index is 9.71. The van der Waals surface area contributed by atoms with Crippen LogP contribution in [0.4, 0.5) is 5.69 Å². The Bertz CT molecular complexity index is 1160. The van der Waals surface area contributed by atoms with Crippen molar-refractivity contribution in [3.63, 3.8) is 0 Å². The van der Waals surface area contributed by atoms with Gasteiger partial charge in [0, 0.05) is 12.1 Å². The second-order valence-electron chi connectivity index (χ2n) is 7.29. The molecule has 164 valence electrons. The van der Waals surface area contributed by atoms with Crippen molar-refractivity contribution in [1.29, 1.82) is 5.41 Å². The van der Waals surface area contributed by atoms with Gasteiger partial charge in [-0.15, -0.1) is 23.1 Å². The standard InChI is InChI=1S/C23H23N5O2S2/c1-23(25,32-15-21-26-22(27-30-21)19-8-5-13-31-19)28(17-9-11-18(29)12-10-17)20(24)14-16-6-3-2-4-7-16/h2-13,24,29H,14-15,25H2,1H3/t23-/m1/s1. The third-order valence-electron chi connectivity index (χ3n) is 4.73. The first kappa shape index (κ1) is 22.1. The molecular weight excluding hydrogens is 442 g/mol. The predicted octanol–water partition coefficient (Wildman–Crippen LogP) is 5.10. The number of rotatable bonds is 8. The van der Waals surface area contributed by atoms with Crippen molar-refractivity contribution in [3.05, 3.63) is 83.6 Å². The second-order valence-corrected chi connectivity index (χ2v) is 9.64. The average molecular weight is 466 g/mol. The molecule has 0 radical (unpaired) electrons. The molecule has 0 aliphatic rings. The summed E-state index contributed by atoms with van der Waals surface area (Å²) in [5, 5.41) is 24.6. The summed E-state index contributed by atoms with van der Waals surface area (Å²) in [7, 11) is 0. The lowest BCUT2D eigenvalue weighted by Crippen LogP contribution is -2.54. The van der Waals surface area contributed by atoms with Crippen LogP contribution in [0, 0.1) is 5.41 Å². The fraction of sp³-hybridized carbons (Fsp3) is 0.174. The van der Waals surface area contributed by atoms with Crippen LogP contribution in [-0.4, -0.2) is 26.1 Å². The molecule has 4 aromatic rings. The van der Waals surface area contributed by atoms with E-state index < -0.39 is 4.99 Å². The lowest BCUT2D eigenvalue weighted by Gasteiger charge is -2.39. The number of nitrogens with zero attached hydrogens (tertiary/aromatic N) is 3. The van der Waals surface area contributed by atoms with Gasteiger partial charge in [-0.05, 0) is 48.2 Å². The Labute approximate surface area is 194 Å². The Morgan fingerprint density at radius 3 is 2.59 bits per heavy atom. The van der Waals surface area contributed by atoms with Crippen LogP contribution < -0.4 is 10.6 Å². The monoisotopic (exact) mass is 465 g/mol. The van der Waals surface area contributed by atoms with E-state index in [1.54, 1.807) is 40.5 Å². The molecule has 32 heavy (non-hydrogen) atoms. The molecule has 7 nitrogen and oxygen atoms in total. The van der Waals surface area contributed by atoms with Crippen LogP contribution in [0.3, 0.4) is 0 Å². The zero-order valence-corrected chi connectivity index (χ0v) is 19.1. The van der Waals surface area contributed by atoms with Crippen molar-refractivity contribution >= 4 is 34.6 Å². The molecule has 4 rings (SSSR count). The maximum Gasteiger partial charge on any atom is 0.237 e. The number of benzene rings is 2. The van der Waals surface area contributed by atoms with E-state index in [0.717, 1.165) is 10.4 Å². The lowest BCUT2D eigenvalue weighted by molar-refractivity contribution is 0.391. The number of thiophene rings is 1. The van der Waals surface area contributed by atoms with E-state index in [0.29, 0.717) is 35.4 Å². The molecule has 2 aromatic heterocycles. The van der Waals surface area contributed by atoms with E-state index in [9.17, 15) is 5.11 Å². The molecule has 2 heterocycles.